The first-order chi connectivity index (χ1) is 9.22. The van der Waals surface area contributed by atoms with Crippen molar-refractivity contribution in [3.05, 3.63) is 60.6 Å². The van der Waals surface area contributed by atoms with Crippen molar-refractivity contribution in [1.82, 2.24) is 16.0 Å². The molecule has 0 unspecified atom stereocenters. The standard InChI is InChI=1S/C16H21N3/c1-4-11-17-14(2)13-19-15(3)18-12-10-16-8-6-5-7-9-16/h1,5-9,17-19H,2-3,10-13H2. The highest BCUT2D eigenvalue weighted by atomic mass is 15.1. The van der Waals surface area contributed by atoms with Gasteiger partial charge in [-0.3, -0.25) is 0 Å². The zero-order valence-electron chi connectivity index (χ0n) is 11.2. The van der Waals surface area contributed by atoms with Crippen LogP contribution in [0.4, 0.5) is 0 Å². The summed E-state index contributed by atoms with van der Waals surface area (Å²) in [6.07, 6.45) is 6.12. The molecule has 0 amide bonds. The molecule has 0 saturated carbocycles. The molecule has 0 spiro atoms. The van der Waals surface area contributed by atoms with Crippen molar-refractivity contribution < 1.29 is 0 Å². The summed E-state index contributed by atoms with van der Waals surface area (Å²) in [7, 11) is 0. The summed E-state index contributed by atoms with van der Waals surface area (Å²) in [6, 6.07) is 10.3. The lowest BCUT2D eigenvalue weighted by Crippen LogP contribution is -2.31. The Morgan fingerprint density at radius 1 is 1.11 bits per heavy atom. The molecule has 0 radical (unpaired) electrons. The summed E-state index contributed by atoms with van der Waals surface area (Å²) >= 11 is 0. The molecule has 1 aromatic rings. The minimum atomic E-state index is 0.494. The number of terminal acetylenes is 1. The first-order valence-corrected chi connectivity index (χ1v) is 6.28. The van der Waals surface area contributed by atoms with E-state index in [1.165, 1.54) is 5.56 Å². The lowest BCUT2D eigenvalue weighted by molar-refractivity contribution is 0.689. The molecule has 100 valence electrons. The first-order valence-electron chi connectivity index (χ1n) is 6.28. The summed E-state index contributed by atoms with van der Waals surface area (Å²) in [6.45, 7) is 9.71. The average Bonchev–Trinajstić information content (AvgIpc) is 2.44. The summed E-state index contributed by atoms with van der Waals surface area (Å²) in [5, 5.41) is 9.38. The van der Waals surface area contributed by atoms with Gasteiger partial charge < -0.3 is 16.0 Å². The smallest absolute Gasteiger partial charge is 0.0915 e. The lowest BCUT2D eigenvalue weighted by atomic mass is 10.1. The predicted molar refractivity (Wildman–Crippen MR) is 81.3 cm³/mol. The topological polar surface area (TPSA) is 36.1 Å². The summed E-state index contributed by atoms with van der Waals surface area (Å²) in [4.78, 5) is 0. The largest absolute Gasteiger partial charge is 0.376 e. The molecule has 19 heavy (non-hydrogen) atoms. The number of rotatable bonds is 9. The third-order valence-electron chi connectivity index (χ3n) is 2.55. The van der Waals surface area contributed by atoms with Crippen LogP contribution >= 0.6 is 0 Å². The van der Waals surface area contributed by atoms with E-state index in [1.807, 2.05) is 18.2 Å². The van der Waals surface area contributed by atoms with Gasteiger partial charge in [-0.15, -0.1) is 6.42 Å². The lowest BCUT2D eigenvalue weighted by Gasteiger charge is -2.13. The SMILES string of the molecule is C#CCNC(=C)CNC(=C)NCCc1ccccc1. The van der Waals surface area contributed by atoms with E-state index in [0.29, 0.717) is 13.1 Å². The van der Waals surface area contributed by atoms with Crippen molar-refractivity contribution in [3.63, 3.8) is 0 Å². The number of hydrogen-bond donors (Lipinski definition) is 3. The fourth-order valence-corrected chi connectivity index (χ4v) is 1.52. The molecule has 0 aliphatic rings. The van der Waals surface area contributed by atoms with Gasteiger partial charge >= 0.3 is 0 Å². The van der Waals surface area contributed by atoms with Gasteiger partial charge in [0.25, 0.3) is 0 Å². The molecule has 0 bridgehead atoms. The van der Waals surface area contributed by atoms with Crippen molar-refractivity contribution in [2.75, 3.05) is 19.6 Å². The highest BCUT2D eigenvalue weighted by Crippen LogP contribution is 1.98. The Morgan fingerprint density at radius 3 is 2.53 bits per heavy atom. The van der Waals surface area contributed by atoms with Crippen LogP contribution in [-0.4, -0.2) is 19.6 Å². The summed E-state index contributed by atoms with van der Waals surface area (Å²) in [5.41, 5.74) is 2.16. The third-order valence-corrected chi connectivity index (χ3v) is 2.55. The molecule has 3 heteroatoms. The van der Waals surface area contributed by atoms with E-state index in [9.17, 15) is 0 Å². The van der Waals surface area contributed by atoms with E-state index in [-0.39, 0.29) is 0 Å². The highest BCUT2D eigenvalue weighted by molar-refractivity contribution is 5.15. The maximum absolute atomic E-state index is 5.15. The van der Waals surface area contributed by atoms with Crippen LogP contribution in [-0.2, 0) is 6.42 Å². The predicted octanol–water partition coefficient (Wildman–Crippen LogP) is 1.62. The Hall–Kier alpha value is -2.34. The zero-order chi connectivity index (χ0) is 13.9. The molecule has 3 N–H and O–H groups in total. The van der Waals surface area contributed by atoms with Crippen molar-refractivity contribution in [3.8, 4) is 12.3 Å². The van der Waals surface area contributed by atoms with Gasteiger partial charge in [0.1, 0.15) is 0 Å². The van der Waals surface area contributed by atoms with Crippen LogP contribution in [0.1, 0.15) is 5.56 Å². The Labute approximate surface area is 115 Å². The second-order valence-electron chi connectivity index (χ2n) is 4.16. The third kappa shape index (κ3) is 6.85. The van der Waals surface area contributed by atoms with Crippen LogP contribution in [0, 0.1) is 12.3 Å². The molecule has 0 heterocycles. The number of benzene rings is 1. The van der Waals surface area contributed by atoms with E-state index in [1.54, 1.807) is 0 Å². The van der Waals surface area contributed by atoms with E-state index in [0.717, 1.165) is 24.5 Å². The average molecular weight is 255 g/mol. The maximum Gasteiger partial charge on any atom is 0.0915 e. The molecule has 0 fully saturated rings. The fourth-order valence-electron chi connectivity index (χ4n) is 1.52. The van der Waals surface area contributed by atoms with E-state index < -0.39 is 0 Å². The van der Waals surface area contributed by atoms with Gasteiger partial charge in [-0.05, 0) is 12.0 Å². The van der Waals surface area contributed by atoms with Crippen LogP contribution in [0.5, 0.6) is 0 Å². The Morgan fingerprint density at radius 2 is 1.84 bits per heavy atom. The fraction of sp³-hybridized carbons (Fsp3) is 0.250. The minimum absolute atomic E-state index is 0.494. The Balaban J connectivity index is 2.12. The van der Waals surface area contributed by atoms with Crippen LogP contribution in [0.15, 0.2) is 55.0 Å². The minimum Gasteiger partial charge on any atom is -0.376 e. The van der Waals surface area contributed by atoms with E-state index in [4.69, 9.17) is 6.42 Å². The monoisotopic (exact) mass is 255 g/mol. The van der Waals surface area contributed by atoms with Gasteiger partial charge in [0, 0.05) is 12.2 Å². The van der Waals surface area contributed by atoms with Crippen molar-refractivity contribution >= 4 is 0 Å². The molecule has 1 aromatic carbocycles. The van der Waals surface area contributed by atoms with Crippen LogP contribution in [0.2, 0.25) is 0 Å². The summed E-state index contributed by atoms with van der Waals surface area (Å²) < 4.78 is 0. The molecule has 0 saturated heterocycles. The van der Waals surface area contributed by atoms with Gasteiger partial charge in [0.2, 0.25) is 0 Å². The number of nitrogens with one attached hydrogen (secondary N) is 3. The van der Waals surface area contributed by atoms with Gasteiger partial charge in [-0.2, -0.15) is 0 Å². The molecule has 0 aliphatic heterocycles. The van der Waals surface area contributed by atoms with Crippen molar-refractivity contribution in [2.45, 2.75) is 6.42 Å². The van der Waals surface area contributed by atoms with E-state index >= 15 is 0 Å². The normalized spacial score (nSPS) is 9.21. The highest BCUT2D eigenvalue weighted by Gasteiger charge is 1.95. The second-order valence-corrected chi connectivity index (χ2v) is 4.16. The molecular formula is C16H21N3. The molecule has 1 rings (SSSR count). The molecule has 0 aliphatic carbocycles. The first kappa shape index (κ1) is 14.7. The molecular weight excluding hydrogens is 234 g/mol. The summed E-state index contributed by atoms with van der Waals surface area (Å²) in [5.74, 6) is 3.29. The molecule has 0 aromatic heterocycles. The maximum atomic E-state index is 5.15. The van der Waals surface area contributed by atoms with Crippen LogP contribution in [0.3, 0.4) is 0 Å². The second kappa shape index (κ2) is 8.71. The quantitative estimate of drug-likeness (QED) is 0.587. The van der Waals surface area contributed by atoms with E-state index in [2.05, 4.69) is 47.2 Å². The van der Waals surface area contributed by atoms with Gasteiger partial charge in [0.05, 0.1) is 18.9 Å². The van der Waals surface area contributed by atoms with Gasteiger partial charge in [-0.1, -0.05) is 49.4 Å². The number of hydrogen-bond acceptors (Lipinski definition) is 3. The van der Waals surface area contributed by atoms with Crippen molar-refractivity contribution in [1.29, 1.82) is 0 Å². The van der Waals surface area contributed by atoms with Gasteiger partial charge in [-0.25, -0.2) is 0 Å². The van der Waals surface area contributed by atoms with Crippen LogP contribution < -0.4 is 16.0 Å². The Bertz CT molecular complexity index is 443. The van der Waals surface area contributed by atoms with Crippen LogP contribution in [0.25, 0.3) is 0 Å². The molecule has 0 atom stereocenters. The molecule has 3 nitrogen and oxygen atoms in total. The Kier molecular flexibility index (Phi) is 6.75. The van der Waals surface area contributed by atoms with Crippen molar-refractivity contribution in [2.24, 2.45) is 0 Å². The van der Waals surface area contributed by atoms with Gasteiger partial charge in [0.15, 0.2) is 0 Å². The zero-order valence-corrected chi connectivity index (χ0v) is 11.2.